The number of hydrogen-bond acceptors (Lipinski definition) is 4. The van der Waals surface area contributed by atoms with Crippen molar-refractivity contribution in [1.82, 2.24) is 9.78 Å². The van der Waals surface area contributed by atoms with E-state index in [4.69, 9.17) is 9.94 Å². The van der Waals surface area contributed by atoms with Gasteiger partial charge in [0.25, 0.3) is 0 Å². The van der Waals surface area contributed by atoms with Gasteiger partial charge < -0.3 is 9.94 Å². The molecule has 0 saturated heterocycles. The zero-order valence-corrected chi connectivity index (χ0v) is 11.0. The first-order chi connectivity index (χ1) is 8.69. The van der Waals surface area contributed by atoms with Crippen LogP contribution < -0.4 is 0 Å². The molecule has 0 radical (unpaired) electrons. The number of oxime groups is 1. The van der Waals surface area contributed by atoms with Gasteiger partial charge in [0.15, 0.2) is 0 Å². The summed E-state index contributed by atoms with van der Waals surface area (Å²) in [6.07, 6.45) is 5.79. The van der Waals surface area contributed by atoms with E-state index in [1.807, 2.05) is 16.9 Å². The minimum atomic E-state index is 0.264. The lowest BCUT2D eigenvalue weighted by Crippen LogP contribution is -2.21. The Bertz CT molecular complexity index is 402. The Hall–Kier alpha value is -1.36. The van der Waals surface area contributed by atoms with Crippen molar-refractivity contribution in [2.24, 2.45) is 5.16 Å². The van der Waals surface area contributed by atoms with Crippen molar-refractivity contribution in [3.63, 3.8) is 0 Å². The molecular weight excluding hydrogens is 230 g/mol. The van der Waals surface area contributed by atoms with Gasteiger partial charge in [-0.25, -0.2) is 0 Å². The van der Waals surface area contributed by atoms with Crippen LogP contribution in [0.25, 0.3) is 0 Å². The molecule has 0 aliphatic heterocycles. The van der Waals surface area contributed by atoms with Crippen molar-refractivity contribution >= 4 is 5.71 Å². The highest BCUT2D eigenvalue weighted by Gasteiger charge is 2.18. The zero-order chi connectivity index (χ0) is 13.0. The van der Waals surface area contributed by atoms with Crippen LogP contribution in [-0.2, 0) is 11.3 Å². The van der Waals surface area contributed by atoms with Gasteiger partial charge in [-0.15, -0.1) is 0 Å². The fraction of sp³-hybridized carbons (Fsp3) is 0.692. The van der Waals surface area contributed by atoms with Gasteiger partial charge in [0.1, 0.15) is 0 Å². The summed E-state index contributed by atoms with van der Waals surface area (Å²) < 4.78 is 7.78. The molecule has 18 heavy (non-hydrogen) atoms. The maximum atomic E-state index is 8.67. The van der Waals surface area contributed by atoms with Crippen molar-refractivity contribution in [2.45, 2.75) is 58.3 Å². The highest BCUT2D eigenvalue weighted by Crippen LogP contribution is 2.20. The van der Waals surface area contributed by atoms with Gasteiger partial charge in [0.2, 0.25) is 0 Å². The zero-order valence-electron chi connectivity index (χ0n) is 11.0. The Morgan fingerprint density at radius 3 is 2.78 bits per heavy atom. The SMILES string of the molecule is CC(C)n1ccc(COC2CCC(=NO)CC2)n1. The van der Waals surface area contributed by atoms with Crippen LogP contribution in [-0.4, -0.2) is 26.8 Å². The third-order valence-corrected chi connectivity index (χ3v) is 3.31. The van der Waals surface area contributed by atoms with Crippen molar-refractivity contribution < 1.29 is 9.94 Å². The number of nitrogens with zero attached hydrogens (tertiary/aromatic N) is 3. The molecule has 1 aromatic rings. The highest BCUT2D eigenvalue weighted by atomic mass is 16.5. The molecule has 1 aromatic heterocycles. The molecule has 0 spiro atoms. The Morgan fingerprint density at radius 2 is 2.22 bits per heavy atom. The van der Waals surface area contributed by atoms with Gasteiger partial charge in [0, 0.05) is 12.2 Å². The van der Waals surface area contributed by atoms with Gasteiger partial charge in [-0.3, -0.25) is 4.68 Å². The van der Waals surface area contributed by atoms with E-state index in [0.29, 0.717) is 12.6 Å². The van der Waals surface area contributed by atoms with Crippen molar-refractivity contribution in [3.8, 4) is 0 Å². The summed E-state index contributed by atoms with van der Waals surface area (Å²) in [6.45, 7) is 4.78. The van der Waals surface area contributed by atoms with E-state index < -0.39 is 0 Å². The van der Waals surface area contributed by atoms with E-state index in [2.05, 4.69) is 24.1 Å². The van der Waals surface area contributed by atoms with E-state index in [0.717, 1.165) is 37.1 Å². The largest absolute Gasteiger partial charge is 0.411 e. The summed E-state index contributed by atoms with van der Waals surface area (Å²) in [5.74, 6) is 0. The summed E-state index contributed by atoms with van der Waals surface area (Å²) in [5.41, 5.74) is 1.87. The first kappa shape index (κ1) is 13.1. The Kier molecular flexibility index (Phi) is 4.36. The Balaban J connectivity index is 1.78. The fourth-order valence-corrected chi connectivity index (χ4v) is 2.14. The van der Waals surface area contributed by atoms with Gasteiger partial charge in [-0.2, -0.15) is 5.10 Å². The molecule has 0 atom stereocenters. The van der Waals surface area contributed by atoms with Crippen LogP contribution in [0.15, 0.2) is 17.4 Å². The second-order valence-corrected chi connectivity index (χ2v) is 5.06. The van der Waals surface area contributed by atoms with Crippen LogP contribution in [0, 0.1) is 0 Å². The van der Waals surface area contributed by atoms with E-state index in [1.54, 1.807) is 0 Å². The summed E-state index contributed by atoms with van der Waals surface area (Å²) >= 11 is 0. The minimum absolute atomic E-state index is 0.264. The van der Waals surface area contributed by atoms with E-state index >= 15 is 0 Å². The molecule has 5 nitrogen and oxygen atoms in total. The fourth-order valence-electron chi connectivity index (χ4n) is 2.14. The predicted molar refractivity (Wildman–Crippen MR) is 68.9 cm³/mol. The van der Waals surface area contributed by atoms with Gasteiger partial charge in [-0.1, -0.05) is 5.16 Å². The average molecular weight is 251 g/mol. The normalized spacial score (nSPS) is 20.4. The molecular formula is C13H21N3O2. The third-order valence-electron chi connectivity index (χ3n) is 3.31. The van der Waals surface area contributed by atoms with Crippen LogP contribution in [0.2, 0.25) is 0 Å². The second-order valence-electron chi connectivity index (χ2n) is 5.06. The van der Waals surface area contributed by atoms with Crippen molar-refractivity contribution in [2.75, 3.05) is 0 Å². The second kappa shape index (κ2) is 6.00. The average Bonchev–Trinajstić information content (AvgIpc) is 2.86. The quantitative estimate of drug-likeness (QED) is 0.661. The highest BCUT2D eigenvalue weighted by molar-refractivity contribution is 5.84. The molecule has 2 rings (SSSR count). The molecule has 1 saturated carbocycles. The van der Waals surface area contributed by atoms with Crippen LogP contribution in [0.3, 0.4) is 0 Å². The number of hydrogen-bond donors (Lipinski definition) is 1. The summed E-state index contributed by atoms with van der Waals surface area (Å²) in [7, 11) is 0. The Labute approximate surface area is 107 Å². The van der Waals surface area contributed by atoms with E-state index in [-0.39, 0.29) is 6.10 Å². The number of aromatic nitrogens is 2. The molecule has 0 amide bonds. The van der Waals surface area contributed by atoms with Gasteiger partial charge in [0.05, 0.1) is 24.1 Å². The minimum Gasteiger partial charge on any atom is -0.411 e. The molecule has 1 aliphatic rings. The maximum absolute atomic E-state index is 8.67. The number of ether oxygens (including phenoxy) is 1. The molecule has 1 aliphatic carbocycles. The van der Waals surface area contributed by atoms with Crippen molar-refractivity contribution in [3.05, 3.63) is 18.0 Å². The van der Waals surface area contributed by atoms with Gasteiger partial charge >= 0.3 is 0 Å². The molecule has 0 bridgehead atoms. The first-order valence-electron chi connectivity index (χ1n) is 6.54. The Morgan fingerprint density at radius 1 is 1.50 bits per heavy atom. The molecule has 1 heterocycles. The molecule has 0 aromatic carbocycles. The topological polar surface area (TPSA) is 59.6 Å². The monoisotopic (exact) mass is 251 g/mol. The maximum Gasteiger partial charge on any atom is 0.0910 e. The van der Waals surface area contributed by atoms with Gasteiger partial charge in [-0.05, 0) is 45.6 Å². The molecule has 100 valence electrons. The first-order valence-corrected chi connectivity index (χ1v) is 6.54. The van der Waals surface area contributed by atoms with Crippen LogP contribution in [0.1, 0.15) is 51.3 Å². The van der Waals surface area contributed by atoms with Crippen LogP contribution in [0.4, 0.5) is 0 Å². The number of rotatable bonds is 4. The lowest BCUT2D eigenvalue weighted by molar-refractivity contribution is 0.0257. The summed E-state index contributed by atoms with van der Waals surface area (Å²) in [4.78, 5) is 0. The molecule has 5 heteroatoms. The predicted octanol–water partition coefficient (Wildman–Crippen LogP) is 2.75. The third kappa shape index (κ3) is 3.32. The van der Waals surface area contributed by atoms with E-state index in [9.17, 15) is 0 Å². The smallest absolute Gasteiger partial charge is 0.0910 e. The van der Waals surface area contributed by atoms with Crippen LogP contribution >= 0.6 is 0 Å². The standard InChI is InChI=1S/C13H21N3O2/c1-10(2)16-8-7-12(14-16)9-18-13-5-3-11(15-17)4-6-13/h7-8,10,13,17H,3-6,9H2,1-2H3. The lowest BCUT2D eigenvalue weighted by atomic mass is 9.96. The van der Waals surface area contributed by atoms with Crippen molar-refractivity contribution in [1.29, 1.82) is 0 Å². The molecule has 1 N–H and O–H groups in total. The summed E-state index contributed by atoms with van der Waals surface area (Å²) in [6, 6.07) is 2.39. The molecule has 0 unspecified atom stereocenters. The lowest BCUT2D eigenvalue weighted by Gasteiger charge is -2.22. The molecule has 1 fully saturated rings. The summed E-state index contributed by atoms with van der Waals surface area (Å²) in [5, 5.41) is 16.4. The van der Waals surface area contributed by atoms with E-state index in [1.165, 1.54) is 0 Å². The van der Waals surface area contributed by atoms with Crippen LogP contribution in [0.5, 0.6) is 0 Å².